The third kappa shape index (κ3) is 5.41. The van der Waals surface area contributed by atoms with Crippen LogP contribution < -0.4 is 0 Å². The maximum absolute atomic E-state index is 12.9. The van der Waals surface area contributed by atoms with Crippen molar-refractivity contribution < 1.29 is 19.1 Å². The van der Waals surface area contributed by atoms with Crippen LogP contribution >= 0.6 is 63.7 Å². The molecule has 0 spiro atoms. The minimum atomic E-state index is -0.647. The van der Waals surface area contributed by atoms with Gasteiger partial charge in [-0.25, -0.2) is 9.59 Å². The molecule has 8 heteroatoms. The molecule has 154 valence electrons. The molecule has 0 fully saturated rings. The Balaban J connectivity index is 1.91. The normalized spacial score (nSPS) is 10.5. The van der Waals surface area contributed by atoms with Crippen molar-refractivity contribution in [2.45, 2.75) is 13.2 Å². The first-order valence-electron chi connectivity index (χ1n) is 8.68. The highest BCUT2D eigenvalue weighted by atomic mass is 79.9. The maximum Gasteiger partial charge on any atom is 0.340 e. The summed E-state index contributed by atoms with van der Waals surface area (Å²) >= 11 is 13.6. The predicted octanol–water partition coefficient (Wildman–Crippen LogP) is 7.45. The smallest absolute Gasteiger partial charge is 0.340 e. The number of carbonyl (C=O) groups excluding carboxylic acids is 2. The highest BCUT2D eigenvalue weighted by Gasteiger charge is 2.30. The molecule has 0 N–H and O–H groups in total. The van der Waals surface area contributed by atoms with Crippen LogP contribution in [0.25, 0.3) is 0 Å². The van der Waals surface area contributed by atoms with Gasteiger partial charge in [-0.1, -0.05) is 60.7 Å². The fourth-order valence-corrected chi connectivity index (χ4v) is 5.05. The molecule has 0 unspecified atom stereocenters. The fourth-order valence-electron chi connectivity index (χ4n) is 2.61. The van der Waals surface area contributed by atoms with Gasteiger partial charge < -0.3 is 9.47 Å². The van der Waals surface area contributed by atoms with E-state index < -0.39 is 11.9 Å². The van der Waals surface area contributed by atoms with Crippen LogP contribution in [0.1, 0.15) is 31.8 Å². The predicted molar refractivity (Wildman–Crippen MR) is 128 cm³/mol. The van der Waals surface area contributed by atoms with Crippen molar-refractivity contribution >= 4 is 75.7 Å². The minimum absolute atomic E-state index is 0.0749. The lowest BCUT2D eigenvalue weighted by molar-refractivity contribution is 0.0423. The van der Waals surface area contributed by atoms with E-state index in [2.05, 4.69) is 63.7 Å². The van der Waals surface area contributed by atoms with Gasteiger partial charge in [0, 0.05) is 17.9 Å². The number of rotatable bonds is 6. The van der Waals surface area contributed by atoms with E-state index in [1.54, 1.807) is 0 Å². The summed E-state index contributed by atoms with van der Waals surface area (Å²) < 4.78 is 12.9. The first-order chi connectivity index (χ1) is 14.4. The van der Waals surface area contributed by atoms with Crippen LogP contribution in [-0.4, -0.2) is 11.9 Å². The van der Waals surface area contributed by atoms with E-state index in [4.69, 9.17) is 9.47 Å². The molecule has 0 saturated heterocycles. The summed E-state index contributed by atoms with van der Waals surface area (Å²) in [6.07, 6.45) is 0. The number of benzene rings is 3. The summed E-state index contributed by atoms with van der Waals surface area (Å²) in [6, 6.07) is 18.6. The molecule has 0 bridgehead atoms. The second-order valence-electron chi connectivity index (χ2n) is 6.13. The molecule has 3 aromatic carbocycles. The number of hydrogen-bond donors (Lipinski definition) is 0. The summed E-state index contributed by atoms with van der Waals surface area (Å²) in [5, 5.41) is 0. The summed E-state index contributed by atoms with van der Waals surface area (Å²) in [5.41, 5.74) is 1.83. The van der Waals surface area contributed by atoms with Crippen molar-refractivity contribution in [1.29, 1.82) is 0 Å². The lowest BCUT2D eigenvalue weighted by Gasteiger charge is -2.16. The van der Waals surface area contributed by atoms with E-state index in [1.165, 1.54) is 0 Å². The van der Waals surface area contributed by atoms with Crippen molar-refractivity contribution in [1.82, 2.24) is 0 Å². The highest BCUT2D eigenvalue weighted by molar-refractivity contribution is 9.15. The Bertz CT molecular complexity index is 983. The van der Waals surface area contributed by atoms with Gasteiger partial charge in [0.1, 0.15) is 13.2 Å². The van der Waals surface area contributed by atoms with Crippen LogP contribution in [0.3, 0.4) is 0 Å². The Morgan fingerprint density at radius 2 is 0.900 bits per heavy atom. The van der Waals surface area contributed by atoms with E-state index in [1.807, 2.05) is 60.7 Å². The van der Waals surface area contributed by atoms with Gasteiger partial charge in [0.15, 0.2) is 0 Å². The molecule has 3 aromatic rings. The minimum Gasteiger partial charge on any atom is -0.457 e. The molecule has 30 heavy (non-hydrogen) atoms. The van der Waals surface area contributed by atoms with Gasteiger partial charge in [-0.2, -0.15) is 0 Å². The molecule has 0 radical (unpaired) electrons. The quantitative estimate of drug-likeness (QED) is 0.157. The van der Waals surface area contributed by atoms with Crippen molar-refractivity contribution in [3.63, 3.8) is 0 Å². The zero-order chi connectivity index (χ0) is 21.7. The number of hydrogen-bond acceptors (Lipinski definition) is 4. The lowest BCUT2D eigenvalue weighted by atomic mass is 10.1. The summed E-state index contributed by atoms with van der Waals surface area (Å²) in [4.78, 5) is 25.9. The van der Waals surface area contributed by atoms with E-state index in [9.17, 15) is 9.59 Å². The van der Waals surface area contributed by atoms with Crippen LogP contribution in [0.4, 0.5) is 0 Å². The molecule has 0 amide bonds. The van der Waals surface area contributed by atoms with Gasteiger partial charge in [-0.15, -0.1) is 0 Å². The van der Waals surface area contributed by atoms with E-state index >= 15 is 0 Å². The van der Waals surface area contributed by atoms with E-state index in [0.717, 1.165) is 11.1 Å². The first-order valence-corrected chi connectivity index (χ1v) is 11.9. The summed E-state index contributed by atoms with van der Waals surface area (Å²) in [6.45, 7) is 0.159. The zero-order valence-electron chi connectivity index (χ0n) is 15.3. The molecular weight excluding hydrogens is 648 g/mol. The second kappa shape index (κ2) is 10.7. The topological polar surface area (TPSA) is 52.6 Å². The number of halogens is 4. The Kier molecular flexibility index (Phi) is 8.27. The van der Waals surface area contributed by atoms with E-state index in [0.29, 0.717) is 17.9 Å². The second-order valence-corrected chi connectivity index (χ2v) is 9.30. The molecule has 0 saturated carbocycles. The van der Waals surface area contributed by atoms with Crippen molar-refractivity contribution in [3.8, 4) is 0 Å². The standard InChI is InChI=1S/C22H14Br4O4/c23-17-15(21(27)29-11-13-7-3-1-4-8-13)16(18(24)20(26)19(17)25)22(28)30-12-14-9-5-2-6-10-14/h1-10H,11-12H2. The maximum atomic E-state index is 12.9. The Labute approximate surface area is 207 Å². The third-order valence-electron chi connectivity index (χ3n) is 4.10. The van der Waals surface area contributed by atoms with Gasteiger partial charge in [0.2, 0.25) is 0 Å². The van der Waals surface area contributed by atoms with Crippen LogP contribution in [0, 0.1) is 0 Å². The van der Waals surface area contributed by atoms with Crippen LogP contribution in [0.2, 0.25) is 0 Å². The molecule has 4 nitrogen and oxygen atoms in total. The third-order valence-corrected chi connectivity index (χ3v) is 8.87. The number of carbonyl (C=O) groups is 2. The Morgan fingerprint density at radius 3 is 1.23 bits per heavy atom. The monoisotopic (exact) mass is 658 g/mol. The van der Waals surface area contributed by atoms with Gasteiger partial charge in [-0.3, -0.25) is 0 Å². The number of ether oxygens (including phenoxy) is 2. The zero-order valence-corrected chi connectivity index (χ0v) is 21.7. The van der Waals surface area contributed by atoms with Crippen LogP contribution in [-0.2, 0) is 22.7 Å². The molecule has 0 atom stereocenters. The molecule has 3 rings (SSSR count). The number of esters is 2. The Morgan fingerprint density at radius 1 is 0.567 bits per heavy atom. The average molecular weight is 662 g/mol. The SMILES string of the molecule is O=C(OCc1ccccc1)c1c(Br)c(Br)c(Br)c(Br)c1C(=O)OCc1ccccc1. The summed E-state index contributed by atoms with van der Waals surface area (Å²) in [7, 11) is 0. The molecular formula is C22H14Br4O4. The van der Waals surface area contributed by atoms with Crippen molar-refractivity contribution in [2.75, 3.05) is 0 Å². The van der Waals surface area contributed by atoms with Crippen LogP contribution in [0.15, 0.2) is 78.6 Å². The average Bonchev–Trinajstić information content (AvgIpc) is 2.78. The lowest BCUT2D eigenvalue weighted by Crippen LogP contribution is -2.16. The fraction of sp³-hybridized carbons (Fsp3) is 0.0909. The molecule has 0 heterocycles. The molecule has 0 aliphatic rings. The molecule has 0 aliphatic carbocycles. The summed E-state index contributed by atoms with van der Waals surface area (Å²) in [5.74, 6) is -1.29. The molecule has 0 aliphatic heterocycles. The van der Waals surface area contributed by atoms with Gasteiger partial charge in [0.05, 0.1) is 11.1 Å². The molecule has 0 aromatic heterocycles. The Hall–Kier alpha value is -1.48. The van der Waals surface area contributed by atoms with E-state index in [-0.39, 0.29) is 24.3 Å². The van der Waals surface area contributed by atoms with Gasteiger partial charge in [-0.05, 0) is 74.8 Å². The van der Waals surface area contributed by atoms with Crippen molar-refractivity contribution in [3.05, 3.63) is 101 Å². The van der Waals surface area contributed by atoms with Crippen molar-refractivity contribution in [2.24, 2.45) is 0 Å². The first kappa shape index (κ1) is 23.2. The van der Waals surface area contributed by atoms with Gasteiger partial charge >= 0.3 is 11.9 Å². The highest BCUT2D eigenvalue weighted by Crippen LogP contribution is 2.42. The largest absolute Gasteiger partial charge is 0.457 e. The van der Waals surface area contributed by atoms with Crippen LogP contribution in [0.5, 0.6) is 0 Å². The van der Waals surface area contributed by atoms with Gasteiger partial charge in [0.25, 0.3) is 0 Å².